The summed E-state index contributed by atoms with van der Waals surface area (Å²) in [5.74, 6) is -0.748. The third-order valence-electron chi connectivity index (χ3n) is 2.65. The van der Waals surface area contributed by atoms with Crippen LogP contribution in [0.25, 0.3) is 0 Å². The van der Waals surface area contributed by atoms with Crippen LogP contribution in [0, 0.1) is 0 Å². The van der Waals surface area contributed by atoms with Gasteiger partial charge in [0.1, 0.15) is 0 Å². The molecule has 1 aromatic carbocycles. The van der Waals surface area contributed by atoms with E-state index in [2.05, 4.69) is 43.4 Å². The van der Waals surface area contributed by atoms with Crippen molar-refractivity contribution in [3.05, 3.63) is 29.8 Å². The standard InChI is InChI=1S/C14H21NO2S/c1-10(2)18-12-6-4-11(5-7-12)13(15-3)8-9-14(16)17/h4-7,10,13,15H,8-9H2,1-3H3,(H,16,17). The van der Waals surface area contributed by atoms with Gasteiger partial charge in [-0.3, -0.25) is 4.79 Å². The van der Waals surface area contributed by atoms with Crippen molar-refractivity contribution in [1.82, 2.24) is 5.32 Å². The molecule has 0 aliphatic carbocycles. The first kappa shape index (κ1) is 15.1. The second-order valence-corrected chi connectivity index (χ2v) is 6.16. The smallest absolute Gasteiger partial charge is 0.303 e. The van der Waals surface area contributed by atoms with Crippen LogP contribution in [0.4, 0.5) is 0 Å². The van der Waals surface area contributed by atoms with Gasteiger partial charge < -0.3 is 10.4 Å². The molecule has 0 saturated carbocycles. The molecule has 0 heterocycles. The zero-order chi connectivity index (χ0) is 13.5. The molecular formula is C14H21NO2S. The summed E-state index contributed by atoms with van der Waals surface area (Å²) in [6.45, 7) is 4.34. The van der Waals surface area contributed by atoms with Crippen LogP contribution in [-0.4, -0.2) is 23.4 Å². The van der Waals surface area contributed by atoms with E-state index in [0.717, 1.165) is 5.56 Å². The van der Waals surface area contributed by atoms with Gasteiger partial charge in [0, 0.05) is 22.6 Å². The second kappa shape index (κ2) is 7.44. The summed E-state index contributed by atoms with van der Waals surface area (Å²) < 4.78 is 0. The number of thioether (sulfide) groups is 1. The van der Waals surface area contributed by atoms with Crippen molar-refractivity contribution in [1.29, 1.82) is 0 Å². The van der Waals surface area contributed by atoms with Gasteiger partial charge in [0.15, 0.2) is 0 Å². The fourth-order valence-electron chi connectivity index (χ4n) is 1.80. The number of nitrogens with one attached hydrogen (secondary N) is 1. The molecule has 100 valence electrons. The van der Waals surface area contributed by atoms with Crippen LogP contribution in [0.15, 0.2) is 29.2 Å². The molecule has 0 bridgehead atoms. The van der Waals surface area contributed by atoms with Crippen molar-refractivity contribution < 1.29 is 9.90 Å². The highest BCUT2D eigenvalue weighted by molar-refractivity contribution is 7.99. The molecule has 1 atom stereocenters. The van der Waals surface area contributed by atoms with E-state index in [9.17, 15) is 4.79 Å². The molecule has 0 aliphatic heterocycles. The van der Waals surface area contributed by atoms with E-state index in [0.29, 0.717) is 11.7 Å². The van der Waals surface area contributed by atoms with Crippen LogP contribution >= 0.6 is 11.8 Å². The van der Waals surface area contributed by atoms with Crippen molar-refractivity contribution in [3.8, 4) is 0 Å². The fraction of sp³-hybridized carbons (Fsp3) is 0.500. The molecule has 0 aliphatic rings. The van der Waals surface area contributed by atoms with Gasteiger partial charge >= 0.3 is 5.97 Å². The van der Waals surface area contributed by atoms with Gasteiger partial charge in [-0.25, -0.2) is 0 Å². The maximum absolute atomic E-state index is 10.6. The van der Waals surface area contributed by atoms with Crippen molar-refractivity contribution in [3.63, 3.8) is 0 Å². The molecule has 4 heteroatoms. The third kappa shape index (κ3) is 5.10. The Morgan fingerprint density at radius 3 is 2.39 bits per heavy atom. The Morgan fingerprint density at radius 1 is 1.33 bits per heavy atom. The largest absolute Gasteiger partial charge is 0.481 e. The first-order chi connectivity index (χ1) is 8.52. The average molecular weight is 267 g/mol. The number of carboxylic acids is 1. The van der Waals surface area contributed by atoms with Gasteiger partial charge in [0.2, 0.25) is 0 Å². The lowest BCUT2D eigenvalue weighted by Crippen LogP contribution is -2.17. The minimum Gasteiger partial charge on any atom is -0.481 e. The normalized spacial score (nSPS) is 12.7. The van der Waals surface area contributed by atoms with E-state index in [1.54, 1.807) is 0 Å². The summed E-state index contributed by atoms with van der Waals surface area (Å²) in [6, 6.07) is 8.47. The average Bonchev–Trinajstić information content (AvgIpc) is 2.31. The lowest BCUT2D eigenvalue weighted by molar-refractivity contribution is -0.137. The highest BCUT2D eigenvalue weighted by Gasteiger charge is 2.11. The van der Waals surface area contributed by atoms with E-state index in [-0.39, 0.29) is 12.5 Å². The molecule has 1 unspecified atom stereocenters. The molecule has 3 nitrogen and oxygen atoms in total. The van der Waals surface area contributed by atoms with Crippen LogP contribution in [0.1, 0.15) is 38.3 Å². The second-order valence-electron chi connectivity index (χ2n) is 4.51. The molecule has 18 heavy (non-hydrogen) atoms. The maximum Gasteiger partial charge on any atom is 0.303 e. The summed E-state index contributed by atoms with van der Waals surface area (Å²) in [5, 5.41) is 12.5. The topological polar surface area (TPSA) is 49.3 Å². The number of hydrogen-bond acceptors (Lipinski definition) is 3. The van der Waals surface area contributed by atoms with Crippen LogP contribution in [0.5, 0.6) is 0 Å². The Kier molecular flexibility index (Phi) is 6.22. The first-order valence-electron chi connectivity index (χ1n) is 6.18. The van der Waals surface area contributed by atoms with Crippen LogP contribution in [0.3, 0.4) is 0 Å². The fourth-order valence-corrected chi connectivity index (χ4v) is 2.63. The predicted molar refractivity (Wildman–Crippen MR) is 76.1 cm³/mol. The number of benzene rings is 1. The summed E-state index contributed by atoms with van der Waals surface area (Å²) in [6.07, 6.45) is 0.802. The number of hydrogen-bond donors (Lipinski definition) is 2. The van der Waals surface area contributed by atoms with Crippen molar-refractivity contribution in [2.75, 3.05) is 7.05 Å². The highest BCUT2D eigenvalue weighted by atomic mass is 32.2. The maximum atomic E-state index is 10.6. The number of rotatable bonds is 7. The zero-order valence-corrected chi connectivity index (χ0v) is 12.0. The van der Waals surface area contributed by atoms with Crippen molar-refractivity contribution in [2.45, 2.75) is 42.9 Å². The lowest BCUT2D eigenvalue weighted by Gasteiger charge is -2.16. The quantitative estimate of drug-likeness (QED) is 0.744. The van der Waals surface area contributed by atoms with Gasteiger partial charge in [0.25, 0.3) is 0 Å². The Labute approximate surface area is 113 Å². The highest BCUT2D eigenvalue weighted by Crippen LogP contribution is 2.25. The molecular weight excluding hydrogens is 246 g/mol. The van der Waals surface area contributed by atoms with Crippen molar-refractivity contribution >= 4 is 17.7 Å². The summed E-state index contributed by atoms with van der Waals surface area (Å²) in [7, 11) is 1.86. The van der Waals surface area contributed by atoms with E-state index in [1.165, 1.54) is 4.90 Å². The monoisotopic (exact) mass is 267 g/mol. The van der Waals surface area contributed by atoms with Crippen LogP contribution in [0.2, 0.25) is 0 Å². The van der Waals surface area contributed by atoms with Gasteiger partial charge in [-0.2, -0.15) is 0 Å². The number of carboxylic acid groups (broad SMARTS) is 1. The van der Waals surface area contributed by atoms with Crippen LogP contribution in [-0.2, 0) is 4.79 Å². The molecule has 0 radical (unpaired) electrons. The Hall–Kier alpha value is -1.00. The first-order valence-corrected chi connectivity index (χ1v) is 7.06. The minimum absolute atomic E-state index is 0.110. The molecule has 0 fully saturated rings. The Morgan fingerprint density at radius 2 is 1.94 bits per heavy atom. The van der Waals surface area contributed by atoms with Gasteiger partial charge in [-0.05, 0) is 31.2 Å². The molecule has 1 aromatic rings. The molecule has 0 aromatic heterocycles. The zero-order valence-electron chi connectivity index (χ0n) is 11.1. The Bertz CT molecular complexity index is 376. The number of aliphatic carboxylic acids is 1. The van der Waals surface area contributed by atoms with Crippen molar-refractivity contribution in [2.24, 2.45) is 0 Å². The summed E-state index contributed by atoms with van der Waals surface area (Å²) in [5.41, 5.74) is 1.15. The molecule has 1 rings (SSSR count). The summed E-state index contributed by atoms with van der Waals surface area (Å²) >= 11 is 1.83. The third-order valence-corrected chi connectivity index (χ3v) is 3.67. The Balaban J connectivity index is 2.66. The van der Waals surface area contributed by atoms with Crippen LogP contribution < -0.4 is 5.32 Å². The molecule has 2 N–H and O–H groups in total. The molecule has 0 spiro atoms. The van der Waals surface area contributed by atoms with E-state index < -0.39 is 5.97 Å². The minimum atomic E-state index is -0.748. The SMILES string of the molecule is CNC(CCC(=O)O)c1ccc(SC(C)C)cc1. The van der Waals surface area contributed by atoms with E-state index >= 15 is 0 Å². The molecule has 0 amide bonds. The van der Waals surface area contributed by atoms with E-state index in [4.69, 9.17) is 5.11 Å². The predicted octanol–water partition coefficient (Wildman–Crippen LogP) is 3.31. The van der Waals surface area contributed by atoms with Gasteiger partial charge in [-0.15, -0.1) is 11.8 Å². The summed E-state index contributed by atoms with van der Waals surface area (Å²) in [4.78, 5) is 11.8. The van der Waals surface area contributed by atoms with Gasteiger partial charge in [0.05, 0.1) is 0 Å². The van der Waals surface area contributed by atoms with E-state index in [1.807, 2.05) is 18.8 Å². The number of carbonyl (C=O) groups is 1. The lowest BCUT2D eigenvalue weighted by atomic mass is 10.0. The van der Waals surface area contributed by atoms with Gasteiger partial charge in [-0.1, -0.05) is 26.0 Å². The molecule has 0 saturated heterocycles.